The van der Waals surface area contributed by atoms with Crippen LogP contribution in [0.25, 0.3) is 0 Å². The number of methoxy groups -OCH3 is 1. The molecular weight excluding hydrogens is 393 g/mol. The lowest BCUT2D eigenvalue weighted by molar-refractivity contribution is -0.126. The first-order valence-corrected chi connectivity index (χ1v) is 8.82. The molecule has 2 aliphatic rings. The molecule has 2 N–H and O–H groups in total. The smallest absolute Gasteiger partial charge is 0.239 e. The van der Waals surface area contributed by atoms with Gasteiger partial charge < -0.3 is 24.8 Å². The Morgan fingerprint density at radius 1 is 1.22 bits per heavy atom. The molecule has 154 valence electrons. The van der Waals surface area contributed by atoms with E-state index in [-0.39, 0.29) is 42.8 Å². The van der Waals surface area contributed by atoms with Crippen molar-refractivity contribution < 1.29 is 19.0 Å². The van der Waals surface area contributed by atoms with E-state index in [2.05, 4.69) is 27.7 Å². The Kier molecular flexibility index (Phi) is 11.0. The van der Waals surface area contributed by atoms with Gasteiger partial charge in [-0.15, -0.1) is 24.8 Å². The van der Waals surface area contributed by atoms with E-state index < -0.39 is 0 Å². The van der Waals surface area contributed by atoms with Crippen molar-refractivity contribution in [2.24, 2.45) is 0 Å². The van der Waals surface area contributed by atoms with Gasteiger partial charge in [0.15, 0.2) is 0 Å². The van der Waals surface area contributed by atoms with E-state index in [1.54, 1.807) is 7.11 Å². The predicted octanol–water partition coefficient (Wildman–Crippen LogP) is 1.02. The fourth-order valence-electron chi connectivity index (χ4n) is 3.23. The monoisotopic (exact) mass is 421 g/mol. The molecule has 0 saturated carbocycles. The summed E-state index contributed by atoms with van der Waals surface area (Å²) in [6.07, 6.45) is 0. The van der Waals surface area contributed by atoms with Crippen LogP contribution in [0.15, 0.2) is 24.3 Å². The first-order chi connectivity index (χ1) is 12.3. The zero-order valence-electron chi connectivity index (χ0n) is 15.5. The summed E-state index contributed by atoms with van der Waals surface area (Å²) in [6.45, 7) is 5.52. The summed E-state index contributed by atoms with van der Waals surface area (Å²) in [4.78, 5) is 14.8. The zero-order chi connectivity index (χ0) is 17.5. The Bertz CT molecular complexity index is 550. The molecule has 0 aliphatic carbocycles. The van der Waals surface area contributed by atoms with Crippen molar-refractivity contribution in [2.45, 2.75) is 12.1 Å². The fourth-order valence-corrected chi connectivity index (χ4v) is 3.23. The van der Waals surface area contributed by atoms with Gasteiger partial charge in [-0.2, -0.15) is 0 Å². The molecule has 1 amide bonds. The first-order valence-electron chi connectivity index (χ1n) is 8.82. The number of ether oxygens (including phenoxy) is 3. The lowest BCUT2D eigenvalue weighted by Crippen LogP contribution is -2.53. The Balaban J connectivity index is 0.00000182. The standard InChI is InChI=1S/C18H27N3O4.2ClH/c1-23-15-4-2-14(3-5-15)17(21-7-10-24-11-8-21)12-20-18(22)16-13-25-9-6-19-16;;/h2-5,16-17,19H,6-13H2,1H3,(H,20,22);2*1H. The Labute approximate surface area is 172 Å². The topological polar surface area (TPSA) is 72.1 Å². The second kappa shape index (κ2) is 12.4. The van der Waals surface area contributed by atoms with Gasteiger partial charge >= 0.3 is 0 Å². The Morgan fingerprint density at radius 2 is 1.93 bits per heavy atom. The van der Waals surface area contributed by atoms with E-state index in [4.69, 9.17) is 14.2 Å². The highest BCUT2D eigenvalue weighted by Crippen LogP contribution is 2.23. The maximum Gasteiger partial charge on any atom is 0.239 e. The van der Waals surface area contributed by atoms with Crippen LogP contribution < -0.4 is 15.4 Å². The predicted molar refractivity (Wildman–Crippen MR) is 108 cm³/mol. The summed E-state index contributed by atoms with van der Waals surface area (Å²) in [5, 5.41) is 6.27. The maximum absolute atomic E-state index is 12.4. The molecular formula is C18H29Cl2N3O4. The summed E-state index contributed by atoms with van der Waals surface area (Å²) >= 11 is 0. The second-order valence-electron chi connectivity index (χ2n) is 6.26. The van der Waals surface area contributed by atoms with Crippen molar-refractivity contribution in [3.8, 4) is 5.75 Å². The van der Waals surface area contributed by atoms with Crippen molar-refractivity contribution in [1.82, 2.24) is 15.5 Å². The lowest BCUT2D eigenvalue weighted by Gasteiger charge is -2.35. The fraction of sp³-hybridized carbons (Fsp3) is 0.611. The number of amides is 1. The first kappa shape index (κ1) is 23.9. The lowest BCUT2D eigenvalue weighted by atomic mass is 10.0. The molecule has 0 radical (unpaired) electrons. The largest absolute Gasteiger partial charge is 0.497 e. The van der Waals surface area contributed by atoms with E-state index in [9.17, 15) is 4.79 Å². The molecule has 2 aliphatic heterocycles. The van der Waals surface area contributed by atoms with E-state index in [0.717, 1.165) is 37.6 Å². The van der Waals surface area contributed by atoms with Crippen molar-refractivity contribution in [2.75, 3.05) is 59.7 Å². The molecule has 0 aromatic heterocycles. The second-order valence-corrected chi connectivity index (χ2v) is 6.26. The van der Waals surface area contributed by atoms with Crippen molar-refractivity contribution >= 4 is 30.7 Å². The molecule has 1 aromatic rings. The van der Waals surface area contributed by atoms with Gasteiger partial charge in [0.25, 0.3) is 0 Å². The molecule has 1 aromatic carbocycles. The van der Waals surface area contributed by atoms with Gasteiger partial charge in [0, 0.05) is 26.2 Å². The summed E-state index contributed by atoms with van der Waals surface area (Å²) < 4.78 is 16.1. The van der Waals surface area contributed by atoms with Crippen LogP contribution in [0.4, 0.5) is 0 Å². The quantitative estimate of drug-likeness (QED) is 0.714. The molecule has 27 heavy (non-hydrogen) atoms. The molecule has 2 unspecified atom stereocenters. The summed E-state index contributed by atoms with van der Waals surface area (Å²) in [7, 11) is 1.66. The molecule has 2 atom stereocenters. The van der Waals surface area contributed by atoms with Gasteiger partial charge in [0.05, 0.1) is 39.6 Å². The van der Waals surface area contributed by atoms with Crippen molar-refractivity contribution in [3.05, 3.63) is 29.8 Å². The average molecular weight is 422 g/mol. The Hall–Kier alpha value is -1.09. The highest BCUT2D eigenvalue weighted by atomic mass is 35.5. The van der Waals surface area contributed by atoms with Gasteiger partial charge in [-0.1, -0.05) is 12.1 Å². The minimum atomic E-state index is -0.269. The third-order valence-electron chi connectivity index (χ3n) is 4.69. The number of benzene rings is 1. The van der Waals surface area contributed by atoms with E-state index in [1.807, 2.05) is 12.1 Å². The number of morpholine rings is 2. The minimum Gasteiger partial charge on any atom is -0.497 e. The van der Waals surface area contributed by atoms with Crippen LogP contribution in [0, 0.1) is 0 Å². The summed E-state index contributed by atoms with van der Waals surface area (Å²) in [6, 6.07) is 7.89. The van der Waals surface area contributed by atoms with E-state index in [1.165, 1.54) is 0 Å². The molecule has 3 rings (SSSR count). The van der Waals surface area contributed by atoms with Gasteiger partial charge in [-0.3, -0.25) is 9.69 Å². The molecule has 0 bridgehead atoms. The molecule has 7 nitrogen and oxygen atoms in total. The highest BCUT2D eigenvalue weighted by Gasteiger charge is 2.26. The van der Waals surface area contributed by atoms with Crippen LogP contribution >= 0.6 is 24.8 Å². The van der Waals surface area contributed by atoms with Crippen LogP contribution in [0.1, 0.15) is 11.6 Å². The molecule has 2 heterocycles. The molecule has 0 spiro atoms. The highest BCUT2D eigenvalue weighted by molar-refractivity contribution is 5.85. The number of rotatable bonds is 6. The van der Waals surface area contributed by atoms with Gasteiger partial charge in [0.2, 0.25) is 5.91 Å². The molecule has 2 fully saturated rings. The van der Waals surface area contributed by atoms with Crippen LogP contribution in [0.2, 0.25) is 0 Å². The zero-order valence-corrected chi connectivity index (χ0v) is 17.2. The molecule has 9 heteroatoms. The maximum atomic E-state index is 12.4. The number of nitrogens with zero attached hydrogens (tertiary/aromatic N) is 1. The average Bonchev–Trinajstić information content (AvgIpc) is 2.70. The van der Waals surface area contributed by atoms with Crippen LogP contribution in [-0.4, -0.2) is 76.6 Å². The number of carbonyl (C=O) groups is 1. The number of carbonyl (C=O) groups excluding carboxylic acids is 1. The Morgan fingerprint density at radius 3 is 2.52 bits per heavy atom. The third-order valence-corrected chi connectivity index (χ3v) is 4.69. The van der Waals surface area contributed by atoms with Crippen LogP contribution in [0.5, 0.6) is 5.75 Å². The number of hydrogen-bond acceptors (Lipinski definition) is 6. The SMILES string of the molecule is COc1ccc(C(CNC(=O)C2COCCN2)N2CCOCC2)cc1.Cl.Cl. The summed E-state index contributed by atoms with van der Waals surface area (Å²) in [5.74, 6) is 0.823. The van der Waals surface area contributed by atoms with Gasteiger partial charge in [0.1, 0.15) is 11.8 Å². The van der Waals surface area contributed by atoms with Crippen molar-refractivity contribution in [3.63, 3.8) is 0 Å². The van der Waals surface area contributed by atoms with Crippen LogP contribution in [-0.2, 0) is 14.3 Å². The van der Waals surface area contributed by atoms with E-state index >= 15 is 0 Å². The van der Waals surface area contributed by atoms with Gasteiger partial charge in [-0.25, -0.2) is 0 Å². The van der Waals surface area contributed by atoms with Gasteiger partial charge in [-0.05, 0) is 17.7 Å². The van der Waals surface area contributed by atoms with E-state index in [0.29, 0.717) is 26.3 Å². The molecule has 2 saturated heterocycles. The number of hydrogen-bond donors (Lipinski definition) is 2. The number of nitrogens with one attached hydrogen (secondary N) is 2. The van der Waals surface area contributed by atoms with Crippen molar-refractivity contribution in [1.29, 1.82) is 0 Å². The van der Waals surface area contributed by atoms with Crippen LogP contribution in [0.3, 0.4) is 0 Å². The summed E-state index contributed by atoms with van der Waals surface area (Å²) in [5.41, 5.74) is 1.16. The minimum absolute atomic E-state index is 0. The normalized spacial score (nSPS) is 21.3. The number of halogens is 2. The third kappa shape index (κ3) is 6.78.